The van der Waals surface area contributed by atoms with Gasteiger partial charge in [-0.05, 0) is 25.5 Å². The lowest BCUT2D eigenvalue weighted by Crippen LogP contribution is -2.35. The van der Waals surface area contributed by atoms with Gasteiger partial charge in [-0.15, -0.1) is 11.3 Å². The van der Waals surface area contributed by atoms with Crippen molar-refractivity contribution in [3.05, 3.63) is 46.4 Å². The SMILES string of the molecule is CC(C)(C(=O)Nc1nccs1)c1ccccc1Cl. The van der Waals surface area contributed by atoms with E-state index in [0.29, 0.717) is 10.2 Å². The van der Waals surface area contributed by atoms with Crippen LogP contribution in [0.1, 0.15) is 19.4 Å². The number of amides is 1. The van der Waals surface area contributed by atoms with E-state index in [1.165, 1.54) is 11.3 Å². The van der Waals surface area contributed by atoms with Crippen LogP contribution in [0, 0.1) is 0 Å². The Bertz CT molecular complexity index is 552. The summed E-state index contributed by atoms with van der Waals surface area (Å²) in [5, 5.41) is 5.81. The molecule has 1 N–H and O–H groups in total. The van der Waals surface area contributed by atoms with E-state index in [4.69, 9.17) is 11.6 Å². The van der Waals surface area contributed by atoms with Crippen molar-refractivity contribution < 1.29 is 4.79 Å². The monoisotopic (exact) mass is 280 g/mol. The molecule has 0 aliphatic heterocycles. The van der Waals surface area contributed by atoms with E-state index in [-0.39, 0.29) is 5.91 Å². The molecule has 0 atom stereocenters. The lowest BCUT2D eigenvalue weighted by molar-refractivity contribution is -0.120. The number of hydrogen-bond donors (Lipinski definition) is 1. The minimum atomic E-state index is -0.704. The molecular weight excluding hydrogens is 268 g/mol. The largest absolute Gasteiger partial charge is 0.301 e. The Labute approximate surface area is 115 Å². The van der Waals surface area contributed by atoms with Crippen molar-refractivity contribution in [3.63, 3.8) is 0 Å². The van der Waals surface area contributed by atoms with E-state index in [9.17, 15) is 4.79 Å². The standard InChI is InChI=1S/C13H13ClN2OS/c1-13(2,9-5-3-4-6-10(9)14)11(17)16-12-15-7-8-18-12/h3-8H,1-2H3,(H,15,16,17). The van der Waals surface area contributed by atoms with Crippen LogP contribution < -0.4 is 5.32 Å². The van der Waals surface area contributed by atoms with Crippen molar-refractivity contribution in [2.45, 2.75) is 19.3 Å². The molecule has 0 radical (unpaired) electrons. The van der Waals surface area contributed by atoms with Gasteiger partial charge < -0.3 is 5.32 Å². The van der Waals surface area contributed by atoms with Crippen LogP contribution in [0.2, 0.25) is 5.02 Å². The van der Waals surface area contributed by atoms with Gasteiger partial charge in [0.1, 0.15) is 0 Å². The second kappa shape index (κ2) is 5.08. The molecule has 1 aromatic carbocycles. The lowest BCUT2D eigenvalue weighted by atomic mass is 9.84. The topological polar surface area (TPSA) is 42.0 Å². The Balaban J connectivity index is 2.25. The van der Waals surface area contributed by atoms with Gasteiger partial charge in [0.25, 0.3) is 0 Å². The highest BCUT2D eigenvalue weighted by Crippen LogP contribution is 2.31. The summed E-state index contributed by atoms with van der Waals surface area (Å²) in [7, 11) is 0. The van der Waals surface area contributed by atoms with Gasteiger partial charge in [-0.2, -0.15) is 0 Å². The van der Waals surface area contributed by atoms with E-state index < -0.39 is 5.41 Å². The Morgan fingerprint density at radius 3 is 2.72 bits per heavy atom. The summed E-state index contributed by atoms with van der Waals surface area (Å²) in [5.74, 6) is -0.120. The average Bonchev–Trinajstić information content (AvgIpc) is 2.82. The molecule has 1 amide bonds. The first-order chi connectivity index (χ1) is 8.51. The molecule has 0 saturated carbocycles. The number of hydrogen-bond acceptors (Lipinski definition) is 3. The van der Waals surface area contributed by atoms with Gasteiger partial charge in [-0.3, -0.25) is 4.79 Å². The van der Waals surface area contributed by atoms with Crippen LogP contribution in [0.3, 0.4) is 0 Å². The highest BCUT2D eigenvalue weighted by molar-refractivity contribution is 7.13. The molecule has 0 unspecified atom stereocenters. The smallest absolute Gasteiger partial charge is 0.236 e. The molecule has 0 fully saturated rings. The molecule has 0 spiro atoms. The zero-order valence-electron chi connectivity index (χ0n) is 10.1. The first-order valence-corrected chi connectivity index (χ1v) is 6.73. The van der Waals surface area contributed by atoms with E-state index in [0.717, 1.165) is 5.56 Å². The van der Waals surface area contributed by atoms with Crippen LogP contribution in [-0.2, 0) is 10.2 Å². The van der Waals surface area contributed by atoms with Crippen molar-refractivity contribution >= 4 is 34.0 Å². The number of benzene rings is 1. The fourth-order valence-corrected chi connectivity index (χ4v) is 2.52. The zero-order valence-corrected chi connectivity index (χ0v) is 11.7. The van der Waals surface area contributed by atoms with Crippen LogP contribution in [0.25, 0.3) is 0 Å². The Morgan fingerprint density at radius 1 is 1.39 bits per heavy atom. The number of anilines is 1. The molecule has 2 aromatic rings. The summed E-state index contributed by atoms with van der Waals surface area (Å²) in [4.78, 5) is 16.3. The van der Waals surface area contributed by atoms with Gasteiger partial charge in [0.2, 0.25) is 5.91 Å². The van der Waals surface area contributed by atoms with Crippen molar-refractivity contribution in [2.24, 2.45) is 0 Å². The Morgan fingerprint density at radius 2 is 2.11 bits per heavy atom. The van der Waals surface area contributed by atoms with Crippen molar-refractivity contribution in [3.8, 4) is 0 Å². The maximum Gasteiger partial charge on any atom is 0.236 e. The number of halogens is 1. The second-order valence-electron chi connectivity index (χ2n) is 4.40. The van der Waals surface area contributed by atoms with Crippen LogP contribution >= 0.6 is 22.9 Å². The summed E-state index contributed by atoms with van der Waals surface area (Å²) in [5.41, 5.74) is 0.102. The van der Waals surface area contributed by atoms with Crippen LogP contribution in [-0.4, -0.2) is 10.9 Å². The van der Waals surface area contributed by atoms with Gasteiger partial charge >= 0.3 is 0 Å². The van der Waals surface area contributed by atoms with Crippen LogP contribution in [0.5, 0.6) is 0 Å². The lowest BCUT2D eigenvalue weighted by Gasteiger charge is -2.24. The molecular formula is C13H13ClN2OS. The molecule has 0 saturated heterocycles. The van der Waals surface area contributed by atoms with Crippen molar-refractivity contribution in [1.29, 1.82) is 0 Å². The summed E-state index contributed by atoms with van der Waals surface area (Å²) in [6.45, 7) is 3.69. The van der Waals surface area contributed by atoms with Crippen LogP contribution in [0.4, 0.5) is 5.13 Å². The predicted molar refractivity (Wildman–Crippen MR) is 75.2 cm³/mol. The maximum atomic E-state index is 12.3. The third-order valence-electron chi connectivity index (χ3n) is 2.77. The molecule has 3 nitrogen and oxygen atoms in total. The van der Waals surface area contributed by atoms with Crippen LogP contribution in [0.15, 0.2) is 35.8 Å². The number of nitrogens with zero attached hydrogens (tertiary/aromatic N) is 1. The number of thiazole rings is 1. The third-order valence-corrected chi connectivity index (χ3v) is 3.79. The highest BCUT2D eigenvalue weighted by atomic mass is 35.5. The number of nitrogens with one attached hydrogen (secondary N) is 1. The van der Waals surface area contributed by atoms with E-state index in [2.05, 4.69) is 10.3 Å². The molecule has 18 heavy (non-hydrogen) atoms. The summed E-state index contributed by atoms with van der Waals surface area (Å²) < 4.78 is 0. The van der Waals surface area contributed by atoms with E-state index in [1.54, 1.807) is 12.3 Å². The fraction of sp³-hybridized carbons (Fsp3) is 0.231. The molecule has 0 aliphatic carbocycles. The van der Waals surface area contributed by atoms with Crippen molar-refractivity contribution in [1.82, 2.24) is 4.98 Å². The minimum absolute atomic E-state index is 0.120. The number of rotatable bonds is 3. The Kier molecular flexibility index (Phi) is 3.68. The molecule has 5 heteroatoms. The number of carbonyl (C=O) groups excluding carboxylic acids is 1. The summed E-state index contributed by atoms with van der Waals surface area (Å²) in [6.07, 6.45) is 1.66. The zero-order chi connectivity index (χ0) is 13.2. The molecule has 1 heterocycles. The van der Waals surface area contributed by atoms with Crippen molar-refractivity contribution in [2.75, 3.05) is 5.32 Å². The van der Waals surface area contributed by atoms with E-state index in [1.807, 2.05) is 37.4 Å². The number of carbonyl (C=O) groups is 1. The molecule has 0 bridgehead atoms. The van der Waals surface area contributed by atoms with Gasteiger partial charge in [0, 0.05) is 16.6 Å². The van der Waals surface area contributed by atoms with Gasteiger partial charge in [0.15, 0.2) is 5.13 Å². The maximum absolute atomic E-state index is 12.3. The first kappa shape index (κ1) is 13.1. The third kappa shape index (κ3) is 2.54. The second-order valence-corrected chi connectivity index (χ2v) is 5.70. The number of aromatic nitrogens is 1. The summed E-state index contributed by atoms with van der Waals surface area (Å²) >= 11 is 7.53. The Hall–Kier alpha value is -1.39. The first-order valence-electron chi connectivity index (χ1n) is 5.48. The fourth-order valence-electron chi connectivity index (χ4n) is 1.63. The molecule has 1 aromatic heterocycles. The minimum Gasteiger partial charge on any atom is -0.301 e. The molecule has 2 rings (SSSR count). The predicted octanol–water partition coefficient (Wildman–Crippen LogP) is 3.71. The van der Waals surface area contributed by atoms with Gasteiger partial charge in [0.05, 0.1) is 5.41 Å². The van der Waals surface area contributed by atoms with Gasteiger partial charge in [-0.25, -0.2) is 4.98 Å². The molecule has 0 aliphatic rings. The normalized spacial score (nSPS) is 11.3. The molecule has 94 valence electrons. The van der Waals surface area contributed by atoms with E-state index >= 15 is 0 Å². The summed E-state index contributed by atoms with van der Waals surface area (Å²) in [6, 6.07) is 7.37. The highest BCUT2D eigenvalue weighted by Gasteiger charge is 2.31. The quantitative estimate of drug-likeness (QED) is 0.931. The average molecular weight is 281 g/mol. The van der Waals surface area contributed by atoms with Gasteiger partial charge in [-0.1, -0.05) is 29.8 Å².